The molecule has 1 aliphatic heterocycles. The van der Waals surface area contributed by atoms with Crippen LogP contribution >= 0.6 is 11.3 Å². The fourth-order valence-corrected chi connectivity index (χ4v) is 5.08. The number of hydrogen-bond acceptors (Lipinski definition) is 8. The number of benzene rings is 1. The van der Waals surface area contributed by atoms with Crippen molar-refractivity contribution < 1.29 is 13.6 Å². The number of piperidine rings is 1. The summed E-state index contributed by atoms with van der Waals surface area (Å²) in [4.78, 5) is 30.5. The lowest BCUT2D eigenvalue weighted by atomic mass is 9.97. The van der Waals surface area contributed by atoms with Gasteiger partial charge in [-0.3, -0.25) is 4.79 Å². The highest BCUT2D eigenvalue weighted by Crippen LogP contribution is 2.31. The molecule has 0 radical (unpaired) electrons. The van der Waals surface area contributed by atoms with Crippen LogP contribution in [0.1, 0.15) is 23.2 Å². The quantitative estimate of drug-likeness (QED) is 0.355. The van der Waals surface area contributed by atoms with E-state index in [1.165, 1.54) is 23.5 Å². The molecule has 3 aromatic heterocycles. The summed E-state index contributed by atoms with van der Waals surface area (Å²) in [5, 5.41) is 6.75. The van der Waals surface area contributed by atoms with Crippen LogP contribution in [0.5, 0.6) is 0 Å². The van der Waals surface area contributed by atoms with Gasteiger partial charge in [-0.2, -0.15) is 0 Å². The van der Waals surface area contributed by atoms with Crippen LogP contribution in [0.4, 0.5) is 31.2 Å². The molecule has 1 aliphatic rings. The monoisotopic (exact) mass is 523 g/mol. The van der Waals surface area contributed by atoms with Crippen LogP contribution in [0, 0.1) is 17.6 Å². The normalized spacial score (nSPS) is 14.6. The molecule has 1 saturated heterocycles. The second kappa shape index (κ2) is 10.7. The third kappa shape index (κ3) is 5.83. The van der Waals surface area contributed by atoms with Crippen molar-refractivity contribution in [2.45, 2.75) is 12.8 Å². The molecule has 8 nitrogen and oxygen atoms in total. The van der Waals surface area contributed by atoms with Crippen molar-refractivity contribution in [2.24, 2.45) is 5.92 Å². The minimum Gasteiger partial charge on any atom is -0.352 e. The standard InChI is InChI=1S/C26H27F2N7OS/c1-34-11-9-16(10-12-34)14-30-24(36)17-3-7-22(29-15-17)32-26-31-20-5-8-23(33-25(20)37-26)35(2)21-6-4-18(27)13-19(21)28/h3-8,13,15-16H,9-12,14H2,1-2H3,(H,30,36)(H,29,31,32). The van der Waals surface area contributed by atoms with Gasteiger partial charge in [0.2, 0.25) is 0 Å². The van der Waals surface area contributed by atoms with Gasteiger partial charge in [0.05, 0.1) is 11.3 Å². The zero-order chi connectivity index (χ0) is 25.9. The van der Waals surface area contributed by atoms with Gasteiger partial charge in [0.1, 0.15) is 33.6 Å². The van der Waals surface area contributed by atoms with E-state index in [0.29, 0.717) is 45.1 Å². The fourth-order valence-electron chi connectivity index (χ4n) is 4.24. The zero-order valence-corrected chi connectivity index (χ0v) is 21.4. The summed E-state index contributed by atoms with van der Waals surface area (Å²) < 4.78 is 27.5. The van der Waals surface area contributed by atoms with E-state index < -0.39 is 11.6 Å². The van der Waals surface area contributed by atoms with Gasteiger partial charge >= 0.3 is 0 Å². The first-order chi connectivity index (χ1) is 17.9. The molecule has 1 amide bonds. The molecule has 0 aliphatic carbocycles. The van der Waals surface area contributed by atoms with E-state index in [1.54, 1.807) is 42.4 Å². The van der Waals surface area contributed by atoms with Gasteiger partial charge in [-0.05, 0) is 75.3 Å². The summed E-state index contributed by atoms with van der Waals surface area (Å²) in [5.41, 5.74) is 1.40. The van der Waals surface area contributed by atoms with Crippen LogP contribution < -0.4 is 15.5 Å². The molecule has 1 aromatic carbocycles. The Kier molecular flexibility index (Phi) is 7.24. The van der Waals surface area contributed by atoms with Gasteiger partial charge < -0.3 is 20.4 Å². The van der Waals surface area contributed by atoms with E-state index in [0.717, 1.165) is 32.0 Å². The number of likely N-dealkylation sites (tertiary alicyclic amines) is 1. The van der Waals surface area contributed by atoms with E-state index in [4.69, 9.17) is 0 Å². The molecule has 0 spiro atoms. The maximum Gasteiger partial charge on any atom is 0.252 e. The van der Waals surface area contributed by atoms with Crippen molar-refractivity contribution in [1.82, 2.24) is 25.2 Å². The Morgan fingerprint density at radius 2 is 1.95 bits per heavy atom. The lowest BCUT2D eigenvalue weighted by Crippen LogP contribution is -2.36. The van der Waals surface area contributed by atoms with Gasteiger partial charge in [-0.25, -0.2) is 23.7 Å². The van der Waals surface area contributed by atoms with Gasteiger partial charge in [0.15, 0.2) is 5.13 Å². The first-order valence-corrected chi connectivity index (χ1v) is 12.8. The highest BCUT2D eigenvalue weighted by atomic mass is 32.1. The van der Waals surface area contributed by atoms with Gasteiger partial charge in [-0.15, -0.1) is 0 Å². The minimum absolute atomic E-state index is 0.128. The highest BCUT2D eigenvalue weighted by Gasteiger charge is 2.18. The van der Waals surface area contributed by atoms with Gasteiger partial charge in [0.25, 0.3) is 5.91 Å². The summed E-state index contributed by atoms with van der Waals surface area (Å²) in [6.07, 6.45) is 3.73. The zero-order valence-electron chi connectivity index (χ0n) is 20.5. The van der Waals surface area contributed by atoms with Crippen LogP contribution in [0.25, 0.3) is 10.3 Å². The molecule has 0 saturated carbocycles. The number of pyridine rings is 2. The number of nitrogens with zero attached hydrogens (tertiary/aromatic N) is 5. The topological polar surface area (TPSA) is 86.3 Å². The van der Waals surface area contributed by atoms with E-state index in [2.05, 4.69) is 37.5 Å². The number of amides is 1. The summed E-state index contributed by atoms with van der Waals surface area (Å²) in [5.74, 6) is 0.138. The Morgan fingerprint density at radius 1 is 1.14 bits per heavy atom. The lowest BCUT2D eigenvalue weighted by molar-refractivity contribution is 0.0938. The Morgan fingerprint density at radius 3 is 2.68 bits per heavy atom. The van der Waals surface area contributed by atoms with Crippen LogP contribution in [0.3, 0.4) is 0 Å². The van der Waals surface area contributed by atoms with Crippen molar-refractivity contribution >= 4 is 50.0 Å². The molecule has 0 unspecified atom stereocenters. The number of carbonyl (C=O) groups excluding carboxylic acids is 1. The van der Waals surface area contributed by atoms with Crippen LogP contribution in [-0.4, -0.2) is 59.5 Å². The summed E-state index contributed by atoms with van der Waals surface area (Å²) in [7, 11) is 3.79. The summed E-state index contributed by atoms with van der Waals surface area (Å²) >= 11 is 1.32. The number of fused-ring (bicyclic) bond motifs is 1. The molecule has 11 heteroatoms. The molecular formula is C26H27F2N7OS. The molecule has 4 aromatic rings. The SMILES string of the molecule is CN1CCC(CNC(=O)c2ccc(Nc3nc4ccc(N(C)c5ccc(F)cc5F)nc4s3)nc2)CC1. The first-order valence-electron chi connectivity index (χ1n) is 12.0. The van der Waals surface area contributed by atoms with Crippen LogP contribution in [0.2, 0.25) is 0 Å². The lowest BCUT2D eigenvalue weighted by Gasteiger charge is -2.28. The average Bonchev–Trinajstić information content (AvgIpc) is 3.30. The minimum atomic E-state index is -0.666. The second-order valence-electron chi connectivity index (χ2n) is 9.18. The molecular weight excluding hydrogens is 496 g/mol. The Balaban J connectivity index is 1.22. The van der Waals surface area contributed by atoms with E-state index in [1.807, 2.05) is 0 Å². The summed E-state index contributed by atoms with van der Waals surface area (Å²) in [6.45, 7) is 2.81. The highest BCUT2D eigenvalue weighted by molar-refractivity contribution is 7.21. The van der Waals surface area contributed by atoms with E-state index >= 15 is 0 Å². The largest absolute Gasteiger partial charge is 0.352 e. The predicted octanol–water partition coefficient (Wildman–Crippen LogP) is 4.95. The number of halogens is 2. The maximum absolute atomic E-state index is 14.2. The van der Waals surface area contributed by atoms with Crippen LogP contribution in [0.15, 0.2) is 48.7 Å². The van der Waals surface area contributed by atoms with Gasteiger partial charge in [-0.1, -0.05) is 11.3 Å². The number of anilines is 4. The number of thiazole rings is 1. The molecule has 4 heterocycles. The second-order valence-corrected chi connectivity index (χ2v) is 10.2. The Labute approximate surface area is 217 Å². The number of carbonyl (C=O) groups is 1. The van der Waals surface area contributed by atoms with Crippen LogP contribution in [-0.2, 0) is 0 Å². The van der Waals surface area contributed by atoms with Crippen molar-refractivity contribution in [1.29, 1.82) is 0 Å². The molecule has 0 bridgehead atoms. The first kappa shape index (κ1) is 25.0. The third-order valence-corrected chi connectivity index (χ3v) is 7.39. The van der Waals surface area contributed by atoms with E-state index in [-0.39, 0.29) is 11.6 Å². The Bertz CT molecular complexity index is 1400. The van der Waals surface area contributed by atoms with Crippen molar-refractivity contribution in [3.63, 3.8) is 0 Å². The summed E-state index contributed by atoms with van der Waals surface area (Å²) in [6, 6.07) is 10.4. The van der Waals surface area contributed by atoms with E-state index in [9.17, 15) is 13.6 Å². The number of hydrogen-bond donors (Lipinski definition) is 2. The smallest absolute Gasteiger partial charge is 0.252 e. The maximum atomic E-state index is 14.2. The fraction of sp³-hybridized carbons (Fsp3) is 0.308. The molecule has 37 heavy (non-hydrogen) atoms. The molecule has 1 fully saturated rings. The number of nitrogens with one attached hydrogen (secondary N) is 2. The van der Waals surface area contributed by atoms with Crippen molar-refractivity contribution in [3.05, 3.63) is 65.9 Å². The molecule has 192 valence electrons. The molecule has 2 N–H and O–H groups in total. The predicted molar refractivity (Wildman–Crippen MR) is 142 cm³/mol. The Hall–Kier alpha value is -3.70. The van der Waals surface area contributed by atoms with Crippen molar-refractivity contribution in [2.75, 3.05) is 43.9 Å². The van der Waals surface area contributed by atoms with Gasteiger partial charge in [0, 0.05) is 25.9 Å². The molecule has 0 atom stereocenters. The van der Waals surface area contributed by atoms with Crippen molar-refractivity contribution in [3.8, 4) is 0 Å². The number of aromatic nitrogens is 3. The third-order valence-electron chi connectivity index (χ3n) is 6.51. The average molecular weight is 524 g/mol. The number of rotatable bonds is 7. The molecule has 5 rings (SSSR count).